The molecule has 0 aromatic carbocycles. The van der Waals surface area contributed by atoms with Gasteiger partial charge in [-0.05, 0) is 37.8 Å². The number of H-pyrrole nitrogens is 1. The van der Waals surface area contributed by atoms with Gasteiger partial charge in [0.2, 0.25) is 0 Å². The molecule has 2 rings (SSSR count). The van der Waals surface area contributed by atoms with E-state index in [1.807, 2.05) is 13.1 Å². The highest BCUT2D eigenvalue weighted by molar-refractivity contribution is 5.79. The van der Waals surface area contributed by atoms with Crippen molar-refractivity contribution < 1.29 is 9.53 Å². The van der Waals surface area contributed by atoms with Crippen molar-refractivity contribution in [2.24, 2.45) is 0 Å². The summed E-state index contributed by atoms with van der Waals surface area (Å²) in [5.41, 5.74) is 3.64. The lowest BCUT2D eigenvalue weighted by Gasteiger charge is -2.08. The lowest BCUT2D eigenvalue weighted by Crippen LogP contribution is -2.13. The van der Waals surface area contributed by atoms with Crippen LogP contribution in [0, 0.1) is 6.92 Å². The van der Waals surface area contributed by atoms with Crippen LogP contribution in [-0.2, 0) is 16.0 Å². The Morgan fingerprint density at radius 1 is 1.71 bits per heavy atom. The Hall–Kier alpha value is -1.25. The van der Waals surface area contributed by atoms with Crippen LogP contribution in [0.1, 0.15) is 36.1 Å². The number of carbonyl (C=O) groups is 1. The molecule has 0 spiro atoms. The maximum Gasteiger partial charge on any atom is 0.314 e. The summed E-state index contributed by atoms with van der Waals surface area (Å²) in [4.78, 5) is 14.7. The van der Waals surface area contributed by atoms with E-state index in [-0.39, 0.29) is 11.9 Å². The quantitative estimate of drug-likeness (QED) is 0.729. The number of hydrogen-bond acceptors (Lipinski definition) is 2. The molecule has 1 heterocycles. The second-order valence-electron chi connectivity index (χ2n) is 3.71. The van der Waals surface area contributed by atoms with E-state index in [0.29, 0.717) is 6.61 Å². The van der Waals surface area contributed by atoms with Gasteiger partial charge in [0.1, 0.15) is 0 Å². The molecule has 0 amide bonds. The van der Waals surface area contributed by atoms with Gasteiger partial charge < -0.3 is 9.72 Å². The minimum Gasteiger partial charge on any atom is -0.465 e. The zero-order chi connectivity index (χ0) is 10.1. The van der Waals surface area contributed by atoms with Crippen molar-refractivity contribution >= 4 is 5.97 Å². The Bertz CT molecular complexity index is 354. The van der Waals surface area contributed by atoms with Crippen LogP contribution in [0.4, 0.5) is 0 Å². The Kier molecular flexibility index (Phi) is 2.32. The Labute approximate surface area is 83.5 Å². The predicted molar refractivity (Wildman–Crippen MR) is 53.2 cm³/mol. The predicted octanol–water partition coefficient (Wildman–Crippen LogP) is 1.92. The summed E-state index contributed by atoms with van der Waals surface area (Å²) in [7, 11) is 0. The molecule has 1 N–H and O–H groups in total. The van der Waals surface area contributed by atoms with E-state index < -0.39 is 0 Å². The molecule has 3 nitrogen and oxygen atoms in total. The molecule has 0 radical (unpaired) electrons. The van der Waals surface area contributed by atoms with E-state index in [4.69, 9.17) is 4.74 Å². The lowest BCUT2D eigenvalue weighted by atomic mass is 10.1. The maximum absolute atomic E-state index is 11.6. The monoisotopic (exact) mass is 193 g/mol. The number of fused-ring (bicyclic) bond motifs is 1. The normalized spacial score (nSPS) is 19.4. The van der Waals surface area contributed by atoms with Crippen LogP contribution < -0.4 is 0 Å². The van der Waals surface area contributed by atoms with Gasteiger partial charge in [0, 0.05) is 11.9 Å². The highest BCUT2D eigenvalue weighted by Gasteiger charge is 2.31. The minimum absolute atomic E-state index is 0.0568. The largest absolute Gasteiger partial charge is 0.465 e. The van der Waals surface area contributed by atoms with Crippen molar-refractivity contribution in [3.05, 3.63) is 23.0 Å². The topological polar surface area (TPSA) is 42.1 Å². The third kappa shape index (κ3) is 1.33. The van der Waals surface area contributed by atoms with Crippen molar-refractivity contribution in [1.82, 2.24) is 4.98 Å². The van der Waals surface area contributed by atoms with E-state index in [9.17, 15) is 4.79 Å². The first kappa shape index (κ1) is 9.31. The number of nitrogens with one attached hydrogen (secondary N) is 1. The van der Waals surface area contributed by atoms with E-state index in [1.165, 1.54) is 11.1 Å². The number of carbonyl (C=O) groups excluding carboxylic acids is 1. The molecule has 0 bridgehead atoms. The zero-order valence-corrected chi connectivity index (χ0v) is 8.59. The molecule has 1 aromatic heterocycles. The van der Waals surface area contributed by atoms with Crippen LogP contribution in [0.5, 0.6) is 0 Å². The van der Waals surface area contributed by atoms with Crippen molar-refractivity contribution in [3.63, 3.8) is 0 Å². The number of hydrogen-bond donors (Lipinski definition) is 1. The van der Waals surface area contributed by atoms with Crippen LogP contribution in [0.3, 0.4) is 0 Å². The summed E-state index contributed by atoms with van der Waals surface area (Å²) in [6.45, 7) is 4.38. The molecule has 1 unspecified atom stereocenters. The summed E-state index contributed by atoms with van der Waals surface area (Å²) < 4.78 is 5.03. The van der Waals surface area contributed by atoms with E-state index in [0.717, 1.165) is 18.5 Å². The average molecular weight is 193 g/mol. The van der Waals surface area contributed by atoms with Crippen LogP contribution in [0.25, 0.3) is 0 Å². The van der Waals surface area contributed by atoms with Gasteiger partial charge in [0.25, 0.3) is 0 Å². The van der Waals surface area contributed by atoms with Crippen LogP contribution in [0.2, 0.25) is 0 Å². The number of aryl methyl sites for hydroxylation is 1. The summed E-state index contributed by atoms with van der Waals surface area (Å²) in [5, 5.41) is 0. The number of aromatic nitrogens is 1. The molecule has 14 heavy (non-hydrogen) atoms. The standard InChI is InChI=1S/C11H15NO2/c1-3-14-11(13)9-5-4-8-7(2)6-12-10(8)9/h6,9,12H,3-5H2,1-2H3. The van der Waals surface area contributed by atoms with E-state index in [2.05, 4.69) is 11.9 Å². The molecule has 0 saturated heterocycles. The number of aromatic amines is 1. The van der Waals surface area contributed by atoms with Gasteiger partial charge >= 0.3 is 5.97 Å². The minimum atomic E-state index is -0.0897. The van der Waals surface area contributed by atoms with Gasteiger partial charge in [0.05, 0.1) is 12.5 Å². The second kappa shape index (κ2) is 3.48. The summed E-state index contributed by atoms with van der Waals surface area (Å²) in [6.07, 6.45) is 3.85. The number of esters is 1. The maximum atomic E-state index is 11.6. The van der Waals surface area contributed by atoms with E-state index in [1.54, 1.807) is 0 Å². The van der Waals surface area contributed by atoms with Crippen molar-refractivity contribution in [3.8, 4) is 0 Å². The van der Waals surface area contributed by atoms with Gasteiger partial charge in [0.15, 0.2) is 0 Å². The third-order valence-electron chi connectivity index (χ3n) is 2.85. The first-order valence-corrected chi connectivity index (χ1v) is 5.07. The molecule has 1 atom stereocenters. The third-order valence-corrected chi connectivity index (χ3v) is 2.85. The van der Waals surface area contributed by atoms with Crippen LogP contribution in [0.15, 0.2) is 6.20 Å². The van der Waals surface area contributed by atoms with E-state index >= 15 is 0 Å². The smallest absolute Gasteiger partial charge is 0.314 e. The fraction of sp³-hybridized carbons (Fsp3) is 0.545. The second-order valence-corrected chi connectivity index (χ2v) is 3.71. The van der Waals surface area contributed by atoms with Gasteiger partial charge in [-0.25, -0.2) is 0 Å². The molecule has 0 saturated carbocycles. The van der Waals surface area contributed by atoms with Crippen LogP contribution >= 0.6 is 0 Å². The molecular weight excluding hydrogens is 178 g/mol. The summed E-state index contributed by atoms with van der Waals surface area (Å²) in [6, 6.07) is 0. The van der Waals surface area contributed by atoms with Crippen molar-refractivity contribution in [1.29, 1.82) is 0 Å². The molecule has 0 fully saturated rings. The van der Waals surface area contributed by atoms with Gasteiger partial charge in [-0.2, -0.15) is 0 Å². The van der Waals surface area contributed by atoms with Crippen molar-refractivity contribution in [2.45, 2.75) is 32.6 Å². The first-order chi connectivity index (χ1) is 6.74. The number of ether oxygens (including phenoxy) is 1. The number of rotatable bonds is 2. The Morgan fingerprint density at radius 3 is 3.21 bits per heavy atom. The molecule has 76 valence electrons. The van der Waals surface area contributed by atoms with Gasteiger partial charge in [-0.15, -0.1) is 0 Å². The summed E-state index contributed by atoms with van der Waals surface area (Å²) >= 11 is 0. The van der Waals surface area contributed by atoms with Crippen LogP contribution in [-0.4, -0.2) is 17.6 Å². The SMILES string of the molecule is CCOC(=O)C1CCc2c(C)c[nH]c21. The van der Waals surface area contributed by atoms with Crippen molar-refractivity contribution in [2.75, 3.05) is 6.61 Å². The molecule has 1 aromatic rings. The Balaban J connectivity index is 2.21. The lowest BCUT2D eigenvalue weighted by molar-refractivity contribution is -0.145. The average Bonchev–Trinajstić information content (AvgIpc) is 2.69. The molecular formula is C11H15NO2. The fourth-order valence-electron chi connectivity index (χ4n) is 2.13. The molecule has 1 aliphatic rings. The van der Waals surface area contributed by atoms with Gasteiger partial charge in [-0.1, -0.05) is 0 Å². The zero-order valence-electron chi connectivity index (χ0n) is 8.59. The molecule has 3 heteroatoms. The summed E-state index contributed by atoms with van der Waals surface area (Å²) in [5.74, 6) is -0.147. The Morgan fingerprint density at radius 2 is 2.50 bits per heavy atom. The fourth-order valence-corrected chi connectivity index (χ4v) is 2.13. The highest BCUT2D eigenvalue weighted by Crippen LogP contribution is 2.34. The first-order valence-electron chi connectivity index (χ1n) is 5.07. The molecule has 0 aliphatic heterocycles. The molecule has 1 aliphatic carbocycles. The highest BCUT2D eigenvalue weighted by atomic mass is 16.5. The van der Waals surface area contributed by atoms with Gasteiger partial charge in [-0.3, -0.25) is 4.79 Å².